The molecule has 2 aromatic carbocycles. The number of amides is 1. The molecule has 2 aromatic rings. The highest BCUT2D eigenvalue weighted by Crippen LogP contribution is 2.20. The van der Waals surface area contributed by atoms with Crippen molar-refractivity contribution < 1.29 is 4.79 Å². The fourth-order valence-electron chi connectivity index (χ4n) is 1.77. The molecule has 2 nitrogen and oxygen atoms in total. The van der Waals surface area contributed by atoms with Crippen LogP contribution in [0, 0.1) is 6.92 Å². The molecule has 1 amide bonds. The number of aryl methyl sites for hydroxylation is 1. The minimum Gasteiger partial charge on any atom is -0.322 e. The third kappa shape index (κ3) is 3.72. The number of halogens is 1. The normalized spacial score (nSPS) is 11.2. The highest BCUT2D eigenvalue weighted by Gasteiger charge is 2.06. The first-order valence-electron chi connectivity index (χ1n) is 6.37. The first-order valence-corrected chi connectivity index (χ1v) is 6.75. The lowest BCUT2D eigenvalue weighted by molar-refractivity contribution is -0.112. The number of carbonyl (C=O) groups excluding carboxylic acids is 1. The van der Waals surface area contributed by atoms with Gasteiger partial charge in [-0.1, -0.05) is 48.0 Å². The number of benzene rings is 2. The Labute approximate surface area is 124 Å². The molecule has 2 rings (SSSR count). The second kappa shape index (κ2) is 6.40. The first-order chi connectivity index (χ1) is 9.56. The van der Waals surface area contributed by atoms with Gasteiger partial charge in [0.25, 0.3) is 5.91 Å². The lowest BCUT2D eigenvalue weighted by Crippen LogP contribution is -2.12. The lowest BCUT2D eigenvalue weighted by atomic mass is 10.1. The topological polar surface area (TPSA) is 29.1 Å². The van der Waals surface area contributed by atoms with Gasteiger partial charge < -0.3 is 5.32 Å². The molecular formula is C17H16ClNO. The predicted molar refractivity (Wildman–Crippen MR) is 84.9 cm³/mol. The molecule has 0 aliphatic carbocycles. The molecule has 0 saturated carbocycles. The zero-order chi connectivity index (χ0) is 14.5. The molecule has 0 spiro atoms. The average Bonchev–Trinajstić information content (AvgIpc) is 2.44. The highest BCUT2D eigenvalue weighted by atomic mass is 35.5. The largest absolute Gasteiger partial charge is 0.322 e. The average molecular weight is 286 g/mol. The Kier molecular flexibility index (Phi) is 4.59. The Morgan fingerprint density at radius 1 is 1.15 bits per heavy atom. The summed E-state index contributed by atoms with van der Waals surface area (Å²) in [4.78, 5) is 12.1. The number of hydrogen-bond donors (Lipinski definition) is 1. The fraction of sp³-hybridized carbons (Fsp3) is 0.118. The summed E-state index contributed by atoms with van der Waals surface area (Å²) in [6.45, 7) is 3.71. The predicted octanol–water partition coefficient (Wildman–Crippen LogP) is 4.69. The maximum atomic E-state index is 12.1. The molecule has 1 N–H and O–H groups in total. The van der Waals surface area contributed by atoms with Crippen LogP contribution in [0.4, 0.5) is 5.69 Å². The van der Waals surface area contributed by atoms with E-state index in [0.29, 0.717) is 16.3 Å². The summed E-state index contributed by atoms with van der Waals surface area (Å²) in [6, 6.07) is 15.2. The molecule has 0 aliphatic rings. The van der Waals surface area contributed by atoms with Crippen LogP contribution in [-0.2, 0) is 4.79 Å². The van der Waals surface area contributed by atoms with Gasteiger partial charge in [-0.05, 0) is 43.2 Å². The molecule has 0 aromatic heterocycles. The van der Waals surface area contributed by atoms with E-state index in [1.165, 1.54) is 0 Å². The number of anilines is 1. The van der Waals surface area contributed by atoms with E-state index in [-0.39, 0.29) is 5.91 Å². The highest BCUT2D eigenvalue weighted by molar-refractivity contribution is 6.31. The monoisotopic (exact) mass is 285 g/mol. The van der Waals surface area contributed by atoms with Crippen LogP contribution < -0.4 is 5.32 Å². The van der Waals surface area contributed by atoms with Crippen molar-refractivity contribution in [1.82, 2.24) is 0 Å². The van der Waals surface area contributed by atoms with E-state index in [0.717, 1.165) is 11.1 Å². The second-order valence-electron chi connectivity index (χ2n) is 4.66. The van der Waals surface area contributed by atoms with Crippen LogP contribution in [0.3, 0.4) is 0 Å². The van der Waals surface area contributed by atoms with Gasteiger partial charge in [0.2, 0.25) is 0 Å². The van der Waals surface area contributed by atoms with Gasteiger partial charge in [0.05, 0.1) is 0 Å². The molecule has 0 heterocycles. The van der Waals surface area contributed by atoms with E-state index in [2.05, 4.69) is 5.32 Å². The van der Waals surface area contributed by atoms with E-state index in [9.17, 15) is 4.79 Å². The molecule has 3 heteroatoms. The standard InChI is InChI=1S/C17H16ClNO/c1-12-8-9-15(11-16(12)18)19-17(20)13(2)10-14-6-4-3-5-7-14/h3-11H,1-2H3,(H,19,20)/b13-10+. The lowest BCUT2D eigenvalue weighted by Gasteiger charge is -2.07. The van der Waals surface area contributed by atoms with E-state index in [1.807, 2.05) is 55.5 Å². The molecule has 0 unspecified atom stereocenters. The summed E-state index contributed by atoms with van der Waals surface area (Å²) in [6.07, 6.45) is 1.85. The van der Waals surface area contributed by atoms with Gasteiger partial charge in [-0.3, -0.25) is 4.79 Å². The van der Waals surface area contributed by atoms with Crippen LogP contribution in [0.2, 0.25) is 5.02 Å². The van der Waals surface area contributed by atoms with Crippen LogP contribution in [0.15, 0.2) is 54.1 Å². The van der Waals surface area contributed by atoms with Crippen molar-refractivity contribution in [2.75, 3.05) is 5.32 Å². The summed E-state index contributed by atoms with van der Waals surface area (Å²) in [5, 5.41) is 3.48. The zero-order valence-corrected chi connectivity index (χ0v) is 12.2. The smallest absolute Gasteiger partial charge is 0.251 e. The molecule has 0 fully saturated rings. The minimum absolute atomic E-state index is 0.131. The molecular weight excluding hydrogens is 270 g/mol. The van der Waals surface area contributed by atoms with Crippen molar-refractivity contribution in [3.8, 4) is 0 Å². The first kappa shape index (κ1) is 14.4. The van der Waals surface area contributed by atoms with Crippen LogP contribution in [-0.4, -0.2) is 5.91 Å². The summed E-state index contributed by atoms with van der Waals surface area (Å²) < 4.78 is 0. The summed E-state index contributed by atoms with van der Waals surface area (Å²) in [5.41, 5.74) is 3.34. The van der Waals surface area contributed by atoms with Gasteiger partial charge >= 0.3 is 0 Å². The van der Waals surface area contributed by atoms with Gasteiger partial charge in [-0.2, -0.15) is 0 Å². The number of nitrogens with one attached hydrogen (secondary N) is 1. The number of hydrogen-bond acceptors (Lipinski definition) is 1. The van der Waals surface area contributed by atoms with Gasteiger partial charge in [-0.25, -0.2) is 0 Å². The Hall–Kier alpha value is -2.06. The van der Waals surface area contributed by atoms with E-state index in [1.54, 1.807) is 13.0 Å². The molecule has 0 bridgehead atoms. The minimum atomic E-state index is -0.131. The number of carbonyl (C=O) groups is 1. The van der Waals surface area contributed by atoms with Crippen molar-refractivity contribution in [1.29, 1.82) is 0 Å². The Morgan fingerprint density at radius 3 is 2.50 bits per heavy atom. The molecule has 102 valence electrons. The van der Waals surface area contributed by atoms with Gasteiger partial charge in [0.1, 0.15) is 0 Å². The van der Waals surface area contributed by atoms with Crippen LogP contribution in [0.25, 0.3) is 6.08 Å². The molecule has 0 aliphatic heterocycles. The molecule has 0 radical (unpaired) electrons. The van der Waals surface area contributed by atoms with E-state index < -0.39 is 0 Å². The summed E-state index contributed by atoms with van der Waals surface area (Å²) in [5.74, 6) is -0.131. The van der Waals surface area contributed by atoms with Crippen LogP contribution in [0.1, 0.15) is 18.1 Å². The fourth-order valence-corrected chi connectivity index (χ4v) is 1.95. The SMILES string of the molecule is C/C(=C\c1ccccc1)C(=O)Nc1ccc(C)c(Cl)c1. The quantitative estimate of drug-likeness (QED) is 0.814. The summed E-state index contributed by atoms with van der Waals surface area (Å²) >= 11 is 6.04. The van der Waals surface area contributed by atoms with E-state index in [4.69, 9.17) is 11.6 Å². The molecule has 20 heavy (non-hydrogen) atoms. The van der Waals surface area contributed by atoms with Crippen molar-refractivity contribution in [3.05, 3.63) is 70.3 Å². The summed E-state index contributed by atoms with van der Waals surface area (Å²) in [7, 11) is 0. The maximum absolute atomic E-state index is 12.1. The maximum Gasteiger partial charge on any atom is 0.251 e. The Morgan fingerprint density at radius 2 is 1.85 bits per heavy atom. The van der Waals surface area contributed by atoms with E-state index >= 15 is 0 Å². The third-order valence-corrected chi connectivity index (χ3v) is 3.38. The van der Waals surface area contributed by atoms with Crippen molar-refractivity contribution in [2.45, 2.75) is 13.8 Å². The molecule has 0 atom stereocenters. The zero-order valence-electron chi connectivity index (χ0n) is 11.5. The number of rotatable bonds is 3. The second-order valence-corrected chi connectivity index (χ2v) is 5.06. The van der Waals surface area contributed by atoms with Gasteiger partial charge in [0.15, 0.2) is 0 Å². The van der Waals surface area contributed by atoms with Crippen molar-refractivity contribution in [3.63, 3.8) is 0 Å². The van der Waals surface area contributed by atoms with Gasteiger partial charge in [-0.15, -0.1) is 0 Å². The van der Waals surface area contributed by atoms with Crippen molar-refractivity contribution >= 4 is 29.3 Å². The Balaban J connectivity index is 2.11. The van der Waals surface area contributed by atoms with Gasteiger partial charge in [0, 0.05) is 16.3 Å². The third-order valence-electron chi connectivity index (χ3n) is 2.97. The molecule has 0 saturated heterocycles. The van der Waals surface area contributed by atoms with Crippen LogP contribution in [0.5, 0.6) is 0 Å². The van der Waals surface area contributed by atoms with Crippen LogP contribution >= 0.6 is 11.6 Å². The Bertz CT molecular complexity index is 647. The van der Waals surface area contributed by atoms with Crippen molar-refractivity contribution in [2.24, 2.45) is 0 Å².